The fraction of sp³-hybridized carbons (Fsp3) is 0.400. The molecule has 2 aromatic rings. The van der Waals surface area contributed by atoms with Gasteiger partial charge < -0.3 is 15.4 Å². The van der Waals surface area contributed by atoms with Crippen molar-refractivity contribution < 1.29 is 19.2 Å². The summed E-state index contributed by atoms with van der Waals surface area (Å²) in [7, 11) is 0. The predicted molar refractivity (Wildman–Crippen MR) is 114 cm³/mol. The van der Waals surface area contributed by atoms with Gasteiger partial charge >= 0.3 is 0 Å². The normalized spacial score (nSPS) is 17.6. The molecule has 1 saturated heterocycles. The highest BCUT2D eigenvalue weighted by Crippen LogP contribution is 2.39. The second-order valence-electron chi connectivity index (χ2n) is 7.28. The van der Waals surface area contributed by atoms with Gasteiger partial charge in [0.05, 0.1) is 16.6 Å². The Bertz CT molecular complexity index is 1020. The molecular formula is C20H20ClN3O5S. The molecule has 0 saturated carbocycles. The molecule has 158 valence electrons. The second-order valence-corrected chi connectivity index (χ2v) is 8.80. The third-order valence-electron chi connectivity index (χ3n) is 5.29. The van der Waals surface area contributed by atoms with Gasteiger partial charge in [0.1, 0.15) is 10.0 Å². The van der Waals surface area contributed by atoms with Gasteiger partial charge in [-0.15, -0.1) is 11.3 Å². The number of rotatable bonds is 6. The Morgan fingerprint density at radius 1 is 1.27 bits per heavy atom. The Morgan fingerprint density at radius 2 is 2.10 bits per heavy atom. The van der Waals surface area contributed by atoms with Crippen molar-refractivity contribution in [2.45, 2.75) is 38.2 Å². The first-order valence-corrected chi connectivity index (χ1v) is 10.9. The first-order valence-electron chi connectivity index (χ1n) is 9.73. The quantitative estimate of drug-likeness (QED) is 0.512. The van der Waals surface area contributed by atoms with Gasteiger partial charge in [0.2, 0.25) is 0 Å². The molecule has 1 aromatic heterocycles. The molecule has 1 atom stereocenters. The molecule has 8 nitrogen and oxygen atoms in total. The zero-order valence-corrected chi connectivity index (χ0v) is 17.6. The van der Waals surface area contributed by atoms with Crippen LogP contribution in [0.5, 0.6) is 0 Å². The molecule has 2 heterocycles. The summed E-state index contributed by atoms with van der Waals surface area (Å²) < 4.78 is 5.56. The minimum absolute atomic E-state index is 0.0216. The number of nitro benzene ring substituents is 1. The van der Waals surface area contributed by atoms with Crippen LogP contribution < -0.4 is 10.6 Å². The molecule has 1 fully saturated rings. The molecule has 0 radical (unpaired) electrons. The van der Waals surface area contributed by atoms with Crippen molar-refractivity contribution in [1.82, 2.24) is 5.32 Å². The number of benzene rings is 1. The Morgan fingerprint density at radius 3 is 2.83 bits per heavy atom. The maximum absolute atomic E-state index is 12.9. The number of ether oxygens (including phenoxy) is 1. The van der Waals surface area contributed by atoms with Gasteiger partial charge in [0, 0.05) is 29.7 Å². The van der Waals surface area contributed by atoms with Gasteiger partial charge in [-0.1, -0.05) is 11.6 Å². The highest BCUT2D eigenvalue weighted by Gasteiger charge is 2.28. The average molecular weight is 450 g/mol. The van der Waals surface area contributed by atoms with Crippen molar-refractivity contribution in [2.24, 2.45) is 0 Å². The number of nitro groups is 1. The molecule has 10 heteroatoms. The lowest BCUT2D eigenvalue weighted by molar-refractivity contribution is -0.384. The third-order valence-corrected chi connectivity index (χ3v) is 6.82. The van der Waals surface area contributed by atoms with E-state index < -0.39 is 10.8 Å². The summed E-state index contributed by atoms with van der Waals surface area (Å²) in [6.07, 6.45) is 4.56. The van der Waals surface area contributed by atoms with Crippen LogP contribution in [-0.2, 0) is 17.6 Å². The zero-order chi connectivity index (χ0) is 21.3. The molecule has 30 heavy (non-hydrogen) atoms. The lowest BCUT2D eigenvalue weighted by Gasteiger charge is -2.12. The van der Waals surface area contributed by atoms with Crippen LogP contribution in [0.2, 0.25) is 5.02 Å². The van der Waals surface area contributed by atoms with Crippen LogP contribution in [0.3, 0.4) is 0 Å². The van der Waals surface area contributed by atoms with Crippen molar-refractivity contribution in [2.75, 3.05) is 18.5 Å². The van der Waals surface area contributed by atoms with Crippen LogP contribution in [0.4, 0.5) is 10.7 Å². The number of hydrogen-bond donors (Lipinski definition) is 2. The van der Waals surface area contributed by atoms with Crippen molar-refractivity contribution in [1.29, 1.82) is 0 Å². The summed E-state index contributed by atoms with van der Waals surface area (Å²) in [4.78, 5) is 37.2. The van der Waals surface area contributed by atoms with E-state index in [1.807, 2.05) is 0 Å². The molecule has 1 aromatic carbocycles. The molecule has 2 aliphatic rings. The largest absolute Gasteiger partial charge is 0.376 e. The van der Waals surface area contributed by atoms with E-state index in [4.69, 9.17) is 16.3 Å². The number of aryl methyl sites for hydroxylation is 1. The molecule has 0 unspecified atom stereocenters. The number of hydrogen-bond acceptors (Lipinski definition) is 6. The summed E-state index contributed by atoms with van der Waals surface area (Å²) in [5, 5.41) is 17.2. The standard InChI is InChI=1S/C20H20ClN3O5S/c21-14-7-6-11(9-15(14)24(27)28)18(25)23-20-17(13-4-1-5-16(13)30-20)19(26)22-10-12-3-2-8-29-12/h6-7,9,12H,1-5,8,10H2,(H,22,26)(H,23,25)/t12-/m0/s1. The number of anilines is 1. The minimum Gasteiger partial charge on any atom is -0.376 e. The fourth-order valence-electron chi connectivity index (χ4n) is 3.80. The summed E-state index contributed by atoms with van der Waals surface area (Å²) in [6.45, 7) is 1.14. The molecule has 2 N–H and O–H groups in total. The Hall–Kier alpha value is -2.49. The average Bonchev–Trinajstić information content (AvgIpc) is 3.43. The van der Waals surface area contributed by atoms with Gasteiger partial charge in [-0.25, -0.2) is 0 Å². The fourth-order valence-corrected chi connectivity index (χ4v) is 5.27. The summed E-state index contributed by atoms with van der Waals surface area (Å²) >= 11 is 7.22. The first-order chi connectivity index (χ1) is 14.4. The van der Waals surface area contributed by atoms with E-state index in [0.29, 0.717) is 23.7 Å². The maximum atomic E-state index is 12.9. The van der Waals surface area contributed by atoms with Crippen LogP contribution in [0.15, 0.2) is 18.2 Å². The van der Waals surface area contributed by atoms with Crippen molar-refractivity contribution >= 4 is 45.4 Å². The lowest BCUT2D eigenvalue weighted by atomic mass is 10.1. The Kier molecular flexibility index (Phi) is 6.03. The SMILES string of the molecule is O=C(Nc1sc2c(c1C(=O)NC[C@@H]1CCCO1)CCC2)c1ccc(Cl)c([N+](=O)[O-])c1. The number of carbonyl (C=O) groups is 2. The van der Waals surface area contributed by atoms with E-state index in [2.05, 4.69) is 10.6 Å². The topological polar surface area (TPSA) is 111 Å². The molecule has 2 amide bonds. The van der Waals surface area contributed by atoms with Crippen LogP contribution in [-0.4, -0.2) is 36.0 Å². The van der Waals surface area contributed by atoms with Gasteiger partial charge in [0.15, 0.2) is 0 Å². The van der Waals surface area contributed by atoms with Gasteiger partial charge in [-0.3, -0.25) is 19.7 Å². The van der Waals surface area contributed by atoms with Gasteiger partial charge in [-0.05, 0) is 49.8 Å². The highest BCUT2D eigenvalue weighted by molar-refractivity contribution is 7.17. The monoisotopic (exact) mass is 449 g/mol. The van der Waals surface area contributed by atoms with Gasteiger partial charge in [0.25, 0.3) is 17.5 Å². The Balaban J connectivity index is 1.55. The third kappa shape index (κ3) is 4.19. The van der Waals surface area contributed by atoms with Crippen molar-refractivity contribution in [3.05, 3.63) is 54.9 Å². The summed E-state index contributed by atoms with van der Waals surface area (Å²) in [5.74, 6) is -0.759. The molecule has 1 aliphatic carbocycles. The lowest BCUT2D eigenvalue weighted by Crippen LogP contribution is -2.32. The van der Waals surface area contributed by atoms with Crippen LogP contribution >= 0.6 is 22.9 Å². The number of fused-ring (bicyclic) bond motifs is 1. The number of nitrogens with one attached hydrogen (secondary N) is 2. The summed E-state index contributed by atoms with van der Waals surface area (Å²) in [6, 6.07) is 3.87. The van der Waals surface area contributed by atoms with E-state index in [-0.39, 0.29) is 28.3 Å². The van der Waals surface area contributed by atoms with E-state index in [0.717, 1.165) is 48.6 Å². The molecule has 4 rings (SSSR count). The molecule has 0 bridgehead atoms. The minimum atomic E-state index is -0.636. The number of halogens is 1. The van der Waals surface area contributed by atoms with E-state index in [9.17, 15) is 19.7 Å². The van der Waals surface area contributed by atoms with E-state index in [1.54, 1.807) is 0 Å². The zero-order valence-electron chi connectivity index (χ0n) is 16.0. The van der Waals surface area contributed by atoms with E-state index >= 15 is 0 Å². The highest BCUT2D eigenvalue weighted by atomic mass is 35.5. The van der Waals surface area contributed by atoms with Crippen LogP contribution in [0.1, 0.15) is 50.4 Å². The second kappa shape index (κ2) is 8.71. The van der Waals surface area contributed by atoms with Crippen LogP contribution in [0, 0.1) is 10.1 Å². The molecule has 1 aliphatic heterocycles. The number of carbonyl (C=O) groups excluding carboxylic acids is 2. The smallest absolute Gasteiger partial charge is 0.288 e. The predicted octanol–water partition coefficient (Wildman–Crippen LogP) is 3.96. The van der Waals surface area contributed by atoms with Gasteiger partial charge in [-0.2, -0.15) is 0 Å². The first kappa shape index (κ1) is 20.8. The van der Waals surface area contributed by atoms with E-state index in [1.165, 1.54) is 23.5 Å². The Labute approximate surface area is 181 Å². The summed E-state index contributed by atoms with van der Waals surface area (Å²) in [5.41, 5.74) is 1.22. The van der Waals surface area contributed by atoms with Crippen LogP contribution in [0.25, 0.3) is 0 Å². The maximum Gasteiger partial charge on any atom is 0.288 e. The number of thiophene rings is 1. The van der Waals surface area contributed by atoms with Crippen molar-refractivity contribution in [3.8, 4) is 0 Å². The number of amides is 2. The molecular weight excluding hydrogens is 430 g/mol. The number of nitrogens with zero attached hydrogens (tertiary/aromatic N) is 1. The molecule has 0 spiro atoms. The van der Waals surface area contributed by atoms with Crippen molar-refractivity contribution in [3.63, 3.8) is 0 Å².